The molecule has 0 bridgehead atoms. The van der Waals surface area contributed by atoms with Crippen LogP contribution in [0.5, 0.6) is 0 Å². The molecule has 1 atom stereocenters. The van der Waals surface area contributed by atoms with Gasteiger partial charge in [-0.25, -0.2) is 0 Å². The molecule has 0 aliphatic carbocycles. The van der Waals surface area contributed by atoms with Gasteiger partial charge in [0.25, 0.3) is 9.70 Å². The van der Waals surface area contributed by atoms with Gasteiger partial charge in [-0.15, -0.1) is 0 Å². The molecule has 0 heterocycles. The molecular weight excluding hydrogens is 339 g/mol. The molecule has 0 aliphatic heterocycles. The summed E-state index contributed by atoms with van der Waals surface area (Å²) in [5.41, 5.74) is 1.94. The number of amides is 1. The van der Waals surface area contributed by atoms with E-state index in [2.05, 4.69) is 24.5 Å². The first kappa shape index (κ1) is 17.5. The van der Waals surface area contributed by atoms with E-state index in [9.17, 15) is 4.79 Å². The molecular formula is C13H15Cl3N2OS. The number of carbonyl (C=O) groups is 1. The summed E-state index contributed by atoms with van der Waals surface area (Å²) >= 11 is 21.4. The first-order chi connectivity index (χ1) is 9.25. The summed E-state index contributed by atoms with van der Waals surface area (Å²) in [5.74, 6) is -0.425. The maximum Gasteiger partial charge on any atom is 0.278 e. The molecule has 0 saturated carbocycles. The topological polar surface area (TPSA) is 41.1 Å². The van der Waals surface area contributed by atoms with E-state index in [4.69, 9.17) is 47.0 Å². The van der Waals surface area contributed by atoms with Crippen LogP contribution >= 0.6 is 47.0 Å². The average Bonchev–Trinajstić information content (AvgIpc) is 2.37. The Balaban J connectivity index is 2.79. The number of thiocarbonyl (C=S) groups is 1. The lowest BCUT2D eigenvalue weighted by Gasteiger charge is -2.18. The first-order valence-corrected chi connectivity index (χ1v) is 7.58. The van der Waals surface area contributed by atoms with Crippen LogP contribution in [0.25, 0.3) is 0 Å². The third kappa shape index (κ3) is 5.09. The molecule has 2 N–H and O–H groups in total. The molecule has 1 aromatic rings. The molecule has 0 aromatic heterocycles. The second-order valence-corrected chi connectivity index (χ2v) is 6.99. The minimum Gasteiger partial charge on any atom is -0.332 e. The van der Waals surface area contributed by atoms with Crippen molar-refractivity contribution in [1.29, 1.82) is 0 Å². The summed E-state index contributed by atoms with van der Waals surface area (Å²) in [4.78, 5) is 11.5. The number of alkyl halides is 3. The Morgan fingerprint density at radius 2 is 1.95 bits per heavy atom. The minimum atomic E-state index is -2.04. The number of hydrogen-bond acceptors (Lipinski definition) is 2. The molecule has 7 heteroatoms. The van der Waals surface area contributed by atoms with Gasteiger partial charge in [0, 0.05) is 5.69 Å². The molecule has 1 amide bonds. The lowest BCUT2D eigenvalue weighted by atomic mass is 9.97. The highest BCUT2D eigenvalue weighted by molar-refractivity contribution is 7.80. The van der Waals surface area contributed by atoms with E-state index in [1.807, 2.05) is 24.3 Å². The molecule has 3 nitrogen and oxygen atoms in total. The van der Waals surface area contributed by atoms with Gasteiger partial charge >= 0.3 is 0 Å². The van der Waals surface area contributed by atoms with Crippen LogP contribution in [-0.2, 0) is 4.79 Å². The van der Waals surface area contributed by atoms with Crippen LogP contribution in [0.15, 0.2) is 24.3 Å². The molecule has 0 radical (unpaired) electrons. The quantitative estimate of drug-likeness (QED) is 0.626. The second-order valence-electron chi connectivity index (χ2n) is 4.30. The number of halogens is 3. The maximum absolute atomic E-state index is 11.5. The van der Waals surface area contributed by atoms with E-state index in [1.165, 1.54) is 0 Å². The van der Waals surface area contributed by atoms with Crippen molar-refractivity contribution >= 4 is 63.7 Å². The molecule has 0 unspecified atom stereocenters. The normalized spacial score (nSPS) is 12.7. The monoisotopic (exact) mass is 352 g/mol. The van der Waals surface area contributed by atoms with Crippen LogP contribution in [-0.4, -0.2) is 14.8 Å². The maximum atomic E-state index is 11.5. The number of nitrogens with one attached hydrogen (secondary N) is 2. The summed E-state index contributed by atoms with van der Waals surface area (Å²) in [6, 6.07) is 7.73. The van der Waals surface area contributed by atoms with Crippen molar-refractivity contribution in [2.24, 2.45) is 0 Å². The van der Waals surface area contributed by atoms with Crippen LogP contribution in [0.2, 0.25) is 0 Å². The minimum absolute atomic E-state index is 0.0945. The predicted molar refractivity (Wildman–Crippen MR) is 89.8 cm³/mol. The number of carbonyl (C=O) groups excluding carboxylic acids is 1. The molecule has 0 aliphatic rings. The Morgan fingerprint density at radius 1 is 1.35 bits per heavy atom. The summed E-state index contributed by atoms with van der Waals surface area (Å²) in [6.07, 6.45) is 0.992. The SMILES string of the molecule is CC[C@@H](C)c1ccccc1NC(=S)NC(=O)C(Cl)(Cl)Cl. The van der Waals surface area contributed by atoms with Crippen LogP contribution in [0.1, 0.15) is 31.7 Å². The van der Waals surface area contributed by atoms with Crippen molar-refractivity contribution in [2.45, 2.75) is 30.0 Å². The largest absolute Gasteiger partial charge is 0.332 e. The zero-order valence-corrected chi connectivity index (χ0v) is 14.1. The standard InChI is InChI=1S/C13H15Cl3N2OS/c1-3-8(2)9-6-4-5-7-10(9)17-12(20)18-11(19)13(14,15)16/h4-8H,3H2,1-2H3,(H2,17,18,19,20)/t8-/m1/s1. The van der Waals surface area contributed by atoms with Gasteiger partial charge in [0.05, 0.1) is 0 Å². The van der Waals surface area contributed by atoms with Crippen LogP contribution in [0.4, 0.5) is 5.69 Å². The van der Waals surface area contributed by atoms with Crippen LogP contribution in [0.3, 0.4) is 0 Å². The van der Waals surface area contributed by atoms with Gasteiger partial charge in [-0.3, -0.25) is 10.1 Å². The molecule has 1 aromatic carbocycles. The second kappa shape index (κ2) is 7.46. The lowest BCUT2D eigenvalue weighted by Crippen LogP contribution is -2.41. The first-order valence-electron chi connectivity index (χ1n) is 6.03. The fourth-order valence-electron chi connectivity index (χ4n) is 1.59. The van der Waals surface area contributed by atoms with Crippen molar-refractivity contribution in [2.75, 3.05) is 5.32 Å². The smallest absolute Gasteiger partial charge is 0.278 e. The summed E-state index contributed by atoms with van der Waals surface area (Å²) in [7, 11) is 0. The fourth-order valence-corrected chi connectivity index (χ4v) is 1.93. The van der Waals surface area contributed by atoms with Crippen molar-refractivity contribution in [1.82, 2.24) is 5.32 Å². The summed E-state index contributed by atoms with van der Waals surface area (Å²) in [6.45, 7) is 4.22. The van der Waals surface area contributed by atoms with E-state index < -0.39 is 9.70 Å². The van der Waals surface area contributed by atoms with Crippen molar-refractivity contribution in [3.8, 4) is 0 Å². The Labute approximate surface area is 139 Å². The van der Waals surface area contributed by atoms with E-state index in [-0.39, 0.29) is 5.11 Å². The van der Waals surface area contributed by atoms with Gasteiger partial charge in [0.1, 0.15) is 0 Å². The van der Waals surface area contributed by atoms with Crippen LogP contribution in [0, 0.1) is 0 Å². The summed E-state index contributed by atoms with van der Waals surface area (Å²) in [5, 5.41) is 5.38. The Kier molecular flexibility index (Phi) is 6.52. The fraction of sp³-hybridized carbons (Fsp3) is 0.385. The third-order valence-corrected chi connectivity index (χ3v) is 3.56. The van der Waals surface area contributed by atoms with E-state index in [1.54, 1.807) is 0 Å². The van der Waals surface area contributed by atoms with Crippen molar-refractivity contribution in [3.63, 3.8) is 0 Å². The highest BCUT2D eigenvalue weighted by atomic mass is 35.6. The number of rotatable bonds is 3. The van der Waals surface area contributed by atoms with Crippen molar-refractivity contribution < 1.29 is 4.79 Å². The zero-order valence-electron chi connectivity index (χ0n) is 11.0. The van der Waals surface area contributed by atoms with Crippen molar-refractivity contribution in [3.05, 3.63) is 29.8 Å². The third-order valence-electron chi connectivity index (χ3n) is 2.84. The number of anilines is 1. The molecule has 20 heavy (non-hydrogen) atoms. The number of para-hydroxylation sites is 1. The summed E-state index contributed by atoms with van der Waals surface area (Å²) < 4.78 is -2.04. The van der Waals surface area contributed by atoms with Crippen LogP contribution < -0.4 is 10.6 Å². The molecule has 0 spiro atoms. The Morgan fingerprint density at radius 3 is 2.50 bits per heavy atom. The molecule has 1 rings (SSSR count). The van der Waals surface area contributed by atoms with Gasteiger partial charge in [-0.05, 0) is 36.2 Å². The number of hydrogen-bond donors (Lipinski definition) is 2. The van der Waals surface area contributed by atoms with E-state index >= 15 is 0 Å². The predicted octanol–water partition coefficient (Wildman–Crippen LogP) is 4.38. The molecule has 110 valence electrons. The highest BCUT2D eigenvalue weighted by Crippen LogP contribution is 2.27. The van der Waals surface area contributed by atoms with E-state index in [0.29, 0.717) is 5.92 Å². The highest BCUT2D eigenvalue weighted by Gasteiger charge is 2.31. The van der Waals surface area contributed by atoms with Gasteiger partial charge in [0.15, 0.2) is 5.11 Å². The molecule has 0 fully saturated rings. The average molecular weight is 354 g/mol. The van der Waals surface area contributed by atoms with Gasteiger partial charge < -0.3 is 5.32 Å². The number of benzene rings is 1. The van der Waals surface area contributed by atoms with Gasteiger partial charge in [-0.1, -0.05) is 66.8 Å². The van der Waals surface area contributed by atoms with Gasteiger partial charge in [-0.2, -0.15) is 0 Å². The Bertz CT molecular complexity index is 503. The molecule has 0 saturated heterocycles. The zero-order chi connectivity index (χ0) is 15.3. The van der Waals surface area contributed by atoms with E-state index in [0.717, 1.165) is 17.7 Å². The van der Waals surface area contributed by atoms with Gasteiger partial charge in [0.2, 0.25) is 0 Å². The lowest BCUT2D eigenvalue weighted by molar-refractivity contribution is -0.118. The Hall–Kier alpha value is -0.550.